The molecule has 3 nitrogen and oxygen atoms in total. The molecule has 0 aliphatic rings. The highest BCUT2D eigenvalue weighted by Gasteiger charge is 2.13. The lowest BCUT2D eigenvalue weighted by atomic mass is 10.0. The first kappa shape index (κ1) is 13.8. The molecule has 0 saturated carbocycles. The minimum Gasteiger partial charge on any atom is -0.327 e. The van der Waals surface area contributed by atoms with E-state index in [1.165, 1.54) is 16.5 Å². The van der Waals surface area contributed by atoms with Crippen molar-refractivity contribution in [3.05, 3.63) is 65.9 Å². The smallest absolute Gasteiger partial charge is 0.0718 e. The van der Waals surface area contributed by atoms with E-state index in [1.807, 2.05) is 6.07 Å². The number of rotatable bonds is 5. The van der Waals surface area contributed by atoms with Crippen molar-refractivity contribution in [1.29, 1.82) is 0 Å². The second-order valence-corrected chi connectivity index (χ2v) is 5.43. The van der Waals surface area contributed by atoms with Crippen LogP contribution in [0.5, 0.6) is 0 Å². The third-order valence-electron chi connectivity index (χ3n) is 3.83. The van der Waals surface area contributed by atoms with Crippen LogP contribution in [0.25, 0.3) is 10.9 Å². The Kier molecular flexibility index (Phi) is 4.02. The Bertz CT molecular complexity index is 716. The SMILES string of the molecule is CCn1nc(CC(N)Cc2ccccc2)c2ccccc21. The molecule has 1 aromatic heterocycles. The highest BCUT2D eigenvalue weighted by atomic mass is 15.3. The van der Waals surface area contributed by atoms with Crippen LogP contribution in [-0.4, -0.2) is 15.8 Å². The summed E-state index contributed by atoms with van der Waals surface area (Å²) in [7, 11) is 0. The van der Waals surface area contributed by atoms with Crippen molar-refractivity contribution in [1.82, 2.24) is 9.78 Å². The molecule has 2 N–H and O–H groups in total. The van der Waals surface area contributed by atoms with E-state index < -0.39 is 0 Å². The number of aryl methyl sites for hydroxylation is 1. The van der Waals surface area contributed by atoms with E-state index in [0.717, 1.165) is 25.1 Å². The number of hydrogen-bond donors (Lipinski definition) is 1. The van der Waals surface area contributed by atoms with Crippen LogP contribution in [0, 0.1) is 0 Å². The van der Waals surface area contributed by atoms with Gasteiger partial charge in [0.1, 0.15) is 0 Å². The summed E-state index contributed by atoms with van der Waals surface area (Å²) >= 11 is 0. The Morgan fingerprint density at radius 3 is 2.48 bits per heavy atom. The predicted molar refractivity (Wildman–Crippen MR) is 87.2 cm³/mol. The molecule has 0 aliphatic carbocycles. The van der Waals surface area contributed by atoms with E-state index >= 15 is 0 Å². The van der Waals surface area contributed by atoms with Gasteiger partial charge in [0.25, 0.3) is 0 Å². The summed E-state index contributed by atoms with van der Waals surface area (Å²) in [5, 5.41) is 5.95. The van der Waals surface area contributed by atoms with Gasteiger partial charge in [0, 0.05) is 24.4 Å². The van der Waals surface area contributed by atoms with Gasteiger partial charge in [-0.15, -0.1) is 0 Å². The first-order chi connectivity index (χ1) is 10.3. The third kappa shape index (κ3) is 2.98. The van der Waals surface area contributed by atoms with Crippen LogP contribution >= 0.6 is 0 Å². The van der Waals surface area contributed by atoms with Gasteiger partial charge >= 0.3 is 0 Å². The molecule has 2 aromatic carbocycles. The molecule has 0 aliphatic heterocycles. The van der Waals surface area contributed by atoms with Crippen molar-refractivity contribution in [3.8, 4) is 0 Å². The zero-order valence-electron chi connectivity index (χ0n) is 12.4. The summed E-state index contributed by atoms with van der Waals surface area (Å²) in [6.07, 6.45) is 1.69. The van der Waals surface area contributed by atoms with Crippen molar-refractivity contribution >= 4 is 10.9 Å². The summed E-state index contributed by atoms with van der Waals surface area (Å²) in [5.41, 5.74) is 9.92. The molecule has 1 atom stereocenters. The number of para-hydroxylation sites is 1. The average molecular weight is 279 g/mol. The van der Waals surface area contributed by atoms with Crippen LogP contribution < -0.4 is 5.73 Å². The predicted octanol–water partition coefficient (Wildman–Crippen LogP) is 3.17. The topological polar surface area (TPSA) is 43.8 Å². The van der Waals surface area contributed by atoms with Crippen molar-refractivity contribution in [2.24, 2.45) is 5.73 Å². The van der Waals surface area contributed by atoms with Gasteiger partial charge in [-0.2, -0.15) is 5.10 Å². The zero-order valence-corrected chi connectivity index (χ0v) is 12.4. The van der Waals surface area contributed by atoms with Gasteiger partial charge in [-0.25, -0.2) is 0 Å². The van der Waals surface area contributed by atoms with Crippen molar-refractivity contribution < 1.29 is 0 Å². The molecular formula is C18H21N3. The molecule has 0 amide bonds. The lowest BCUT2D eigenvalue weighted by molar-refractivity contribution is 0.622. The van der Waals surface area contributed by atoms with Gasteiger partial charge in [-0.1, -0.05) is 48.5 Å². The Morgan fingerprint density at radius 1 is 1.00 bits per heavy atom. The van der Waals surface area contributed by atoms with Gasteiger partial charge in [0.15, 0.2) is 0 Å². The Labute approximate surface area is 125 Å². The number of hydrogen-bond acceptors (Lipinski definition) is 2. The summed E-state index contributed by atoms with van der Waals surface area (Å²) in [6.45, 7) is 3.00. The highest BCUT2D eigenvalue weighted by molar-refractivity contribution is 5.82. The molecule has 1 heterocycles. The quantitative estimate of drug-likeness (QED) is 0.779. The molecule has 0 saturated heterocycles. The Balaban J connectivity index is 1.81. The van der Waals surface area contributed by atoms with Crippen molar-refractivity contribution in [2.75, 3.05) is 0 Å². The maximum atomic E-state index is 6.33. The van der Waals surface area contributed by atoms with Gasteiger partial charge in [0.2, 0.25) is 0 Å². The lowest BCUT2D eigenvalue weighted by Crippen LogP contribution is -2.25. The summed E-state index contributed by atoms with van der Waals surface area (Å²) in [4.78, 5) is 0. The van der Waals surface area contributed by atoms with Gasteiger partial charge < -0.3 is 5.73 Å². The van der Waals surface area contributed by atoms with Crippen LogP contribution in [0.15, 0.2) is 54.6 Å². The fourth-order valence-corrected chi connectivity index (χ4v) is 2.83. The summed E-state index contributed by atoms with van der Waals surface area (Å²) in [6, 6.07) is 18.9. The van der Waals surface area contributed by atoms with E-state index in [2.05, 4.69) is 60.1 Å². The van der Waals surface area contributed by atoms with Crippen LogP contribution in [0.2, 0.25) is 0 Å². The minimum atomic E-state index is 0.0935. The molecule has 3 heteroatoms. The van der Waals surface area contributed by atoms with Gasteiger partial charge in [-0.3, -0.25) is 4.68 Å². The van der Waals surface area contributed by atoms with E-state index in [0.29, 0.717) is 0 Å². The van der Waals surface area contributed by atoms with E-state index in [-0.39, 0.29) is 6.04 Å². The second kappa shape index (κ2) is 6.10. The maximum Gasteiger partial charge on any atom is 0.0718 e. The molecule has 21 heavy (non-hydrogen) atoms. The fourth-order valence-electron chi connectivity index (χ4n) is 2.83. The van der Waals surface area contributed by atoms with Crippen molar-refractivity contribution in [3.63, 3.8) is 0 Å². The second-order valence-electron chi connectivity index (χ2n) is 5.43. The molecule has 0 radical (unpaired) electrons. The molecule has 108 valence electrons. The number of nitrogens with two attached hydrogens (primary N) is 1. The molecule has 1 unspecified atom stereocenters. The Morgan fingerprint density at radius 2 is 1.71 bits per heavy atom. The normalized spacial score (nSPS) is 12.7. The van der Waals surface area contributed by atoms with E-state index in [4.69, 9.17) is 10.8 Å². The Hall–Kier alpha value is -2.13. The monoisotopic (exact) mass is 279 g/mol. The van der Waals surface area contributed by atoms with Crippen LogP contribution in [0.1, 0.15) is 18.2 Å². The largest absolute Gasteiger partial charge is 0.327 e. The molecule has 0 bridgehead atoms. The van der Waals surface area contributed by atoms with E-state index in [1.54, 1.807) is 0 Å². The molecule has 0 fully saturated rings. The first-order valence-electron chi connectivity index (χ1n) is 7.52. The molecular weight excluding hydrogens is 258 g/mol. The zero-order chi connectivity index (χ0) is 14.7. The number of nitrogens with zero attached hydrogens (tertiary/aromatic N) is 2. The number of aromatic nitrogens is 2. The molecule has 0 spiro atoms. The van der Waals surface area contributed by atoms with Gasteiger partial charge in [0.05, 0.1) is 11.2 Å². The summed E-state index contributed by atoms with van der Waals surface area (Å²) < 4.78 is 2.06. The first-order valence-corrected chi connectivity index (χ1v) is 7.52. The summed E-state index contributed by atoms with van der Waals surface area (Å²) in [5.74, 6) is 0. The van der Waals surface area contributed by atoms with Gasteiger partial charge in [-0.05, 0) is 25.0 Å². The van der Waals surface area contributed by atoms with Crippen LogP contribution in [0.4, 0.5) is 0 Å². The highest BCUT2D eigenvalue weighted by Crippen LogP contribution is 2.20. The number of fused-ring (bicyclic) bond motifs is 1. The van der Waals surface area contributed by atoms with Crippen molar-refractivity contribution in [2.45, 2.75) is 32.4 Å². The van der Waals surface area contributed by atoms with Crippen LogP contribution in [-0.2, 0) is 19.4 Å². The maximum absolute atomic E-state index is 6.33. The average Bonchev–Trinajstić information content (AvgIpc) is 2.86. The third-order valence-corrected chi connectivity index (χ3v) is 3.83. The van der Waals surface area contributed by atoms with E-state index in [9.17, 15) is 0 Å². The standard InChI is InChI=1S/C18H21N3/c1-2-21-18-11-7-6-10-16(18)17(20-21)13-15(19)12-14-8-4-3-5-9-14/h3-11,15H,2,12-13,19H2,1H3. The molecule has 3 rings (SSSR count). The lowest BCUT2D eigenvalue weighted by Gasteiger charge is -2.10. The minimum absolute atomic E-state index is 0.0935. The fraction of sp³-hybridized carbons (Fsp3) is 0.278. The van der Waals surface area contributed by atoms with Crippen LogP contribution in [0.3, 0.4) is 0 Å². The molecule has 3 aromatic rings. The number of benzene rings is 2.